The minimum Gasteiger partial charge on any atom is -0.466 e. The third kappa shape index (κ3) is 9.96. The average Bonchev–Trinajstić information content (AvgIpc) is 2.69. The van der Waals surface area contributed by atoms with Crippen molar-refractivity contribution in [2.45, 2.75) is 92.0 Å². The summed E-state index contributed by atoms with van der Waals surface area (Å²) < 4.78 is 10.2. The lowest BCUT2D eigenvalue weighted by atomic mass is 9.95. The fourth-order valence-corrected chi connectivity index (χ4v) is 3.48. The van der Waals surface area contributed by atoms with Gasteiger partial charge in [0.25, 0.3) is 0 Å². The van der Waals surface area contributed by atoms with Crippen molar-refractivity contribution in [2.24, 2.45) is 0 Å². The molecule has 0 aliphatic carbocycles. The molecule has 2 atom stereocenters. The van der Waals surface area contributed by atoms with Crippen molar-refractivity contribution in [3.05, 3.63) is 35.4 Å². The summed E-state index contributed by atoms with van der Waals surface area (Å²) in [6.07, 6.45) is -0.710. The smallest absolute Gasteiger partial charge is 0.408 e. The van der Waals surface area contributed by atoms with Crippen LogP contribution in [0.25, 0.3) is 0 Å². The molecule has 9 nitrogen and oxygen atoms in total. The minimum atomic E-state index is -0.993. The maximum absolute atomic E-state index is 13.7. The summed E-state index contributed by atoms with van der Waals surface area (Å²) in [5, 5.41) is 5.33. The highest BCUT2D eigenvalue weighted by molar-refractivity contribution is 5.92. The van der Waals surface area contributed by atoms with Crippen molar-refractivity contribution in [3.8, 4) is 0 Å². The number of nitrogens with zero attached hydrogens (tertiary/aromatic N) is 1. The van der Waals surface area contributed by atoms with E-state index in [0.717, 1.165) is 5.56 Å². The van der Waals surface area contributed by atoms with Gasteiger partial charge >= 0.3 is 12.1 Å². The standard InChI is InChI=1S/C26H41N3O6/c1-10-34-20(30)14-15-27-22(31)21(19-13-11-12-17(2)16-19)29(25(4,5)6)23(32)18(3)28-24(33)35-26(7,8)9/h11-13,16,18,21H,10,14-15H2,1-9H3,(H,27,31)(H,28,33). The molecule has 35 heavy (non-hydrogen) atoms. The van der Waals surface area contributed by atoms with Crippen LogP contribution in [0.5, 0.6) is 0 Å². The molecular formula is C26H41N3O6. The van der Waals surface area contributed by atoms with Gasteiger partial charge in [0.05, 0.1) is 13.0 Å². The lowest BCUT2D eigenvalue weighted by Crippen LogP contribution is -2.58. The van der Waals surface area contributed by atoms with E-state index in [4.69, 9.17) is 9.47 Å². The third-order valence-corrected chi connectivity index (χ3v) is 4.86. The molecule has 0 saturated carbocycles. The molecule has 0 aromatic heterocycles. The lowest BCUT2D eigenvalue weighted by molar-refractivity contribution is -0.148. The predicted octanol–water partition coefficient (Wildman–Crippen LogP) is 3.65. The van der Waals surface area contributed by atoms with Crippen LogP contribution in [0.2, 0.25) is 0 Å². The van der Waals surface area contributed by atoms with Crippen molar-refractivity contribution in [3.63, 3.8) is 0 Å². The van der Waals surface area contributed by atoms with Gasteiger partial charge < -0.3 is 25.0 Å². The van der Waals surface area contributed by atoms with Crippen LogP contribution in [0.4, 0.5) is 4.79 Å². The molecule has 0 aliphatic heterocycles. The molecule has 0 saturated heterocycles. The van der Waals surface area contributed by atoms with Crippen LogP contribution in [0.15, 0.2) is 24.3 Å². The number of rotatable bonds is 9. The molecule has 0 bridgehead atoms. The fourth-order valence-electron chi connectivity index (χ4n) is 3.48. The van der Waals surface area contributed by atoms with Gasteiger partial charge in [-0.15, -0.1) is 0 Å². The van der Waals surface area contributed by atoms with E-state index in [1.165, 1.54) is 4.90 Å². The highest BCUT2D eigenvalue weighted by atomic mass is 16.6. The molecule has 3 amide bonds. The van der Waals surface area contributed by atoms with Crippen molar-refractivity contribution < 1.29 is 28.7 Å². The number of amides is 3. The Kier molecular flexibility index (Phi) is 10.7. The summed E-state index contributed by atoms with van der Waals surface area (Å²) in [7, 11) is 0. The molecular weight excluding hydrogens is 450 g/mol. The Morgan fingerprint density at radius 1 is 1.06 bits per heavy atom. The van der Waals surface area contributed by atoms with E-state index >= 15 is 0 Å². The molecule has 0 fully saturated rings. The topological polar surface area (TPSA) is 114 Å². The molecule has 0 radical (unpaired) electrons. The van der Waals surface area contributed by atoms with Crippen LogP contribution in [0.1, 0.15) is 79.0 Å². The highest BCUT2D eigenvalue weighted by Gasteiger charge is 2.40. The monoisotopic (exact) mass is 491 g/mol. The summed E-state index contributed by atoms with van der Waals surface area (Å²) in [6, 6.07) is 5.39. The number of esters is 1. The number of hydrogen-bond donors (Lipinski definition) is 2. The van der Waals surface area contributed by atoms with Gasteiger partial charge in [-0.05, 0) is 67.9 Å². The second-order valence-corrected chi connectivity index (χ2v) is 10.4. The first-order chi connectivity index (χ1) is 16.1. The second-order valence-electron chi connectivity index (χ2n) is 10.4. The molecule has 1 aromatic carbocycles. The molecule has 1 rings (SSSR count). The largest absolute Gasteiger partial charge is 0.466 e. The highest BCUT2D eigenvalue weighted by Crippen LogP contribution is 2.30. The Balaban J connectivity index is 3.29. The Morgan fingerprint density at radius 2 is 1.69 bits per heavy atom. The number of aryl methyl sites for hydroxylation is 1. The van der Waals surface area contributed by atoms with E-state index < -0.39 is 47.1 Å². The van der Waals surface area contributed by atoms with Crippen molar-refractivity contribution in [1.82, 2.24) is 15.5 Å². The van der Waals surface area contributed by atoms with Crippen LogP contribution in [0.3, 0.4) is 0 Å². The van der Waals surface area contributed by atoms with Gasteiger partial charge in [-0.3, -0.25) is 14.4 Å². The van der Waals surface area contributed by atoms with Gasteiger partial charge in [0, 0.05) is 12.1 Å². The van der Waals surface area contributed by atoms with Crippen LogP contribution >= 0.6 is 0 Å². The summed E-state index contributed by atoms with van der Waals surface area (Å²) in [5.41, 5.74) is 0.0345. The maximum Gasteiger partial charge on any atom is 0.408 e. The number of ether oxygens (including phenoxy) is 2. The second kappa shape index (κ2) is 12.6. The average molecular weight is 492 g/mol. The van der Waals surface area contributed by atoms with Crippen LogP contribution in [-0.4, -0.2) is 59.1 Å². The van der Waals surface area contributed by atoms with E-state index in [1.54, 1.807) is 40.7 Å². The molecule has 0 aliphatic rings. The quantitative estimate of drug-likeness (QED) is 0.510. The number of hydrogen-bond acceptors (Lipinski definition) is 6. The van der Waals surface area contributed by atoms with Gasteiger partial charge in [0.2, 0.25) is 11.8 Å². The van der Waals surface area contributed by atoms with Gasteiger partial charge in [-0.2, -0.15) is 0 Å². The van der Waals surface area contributed by atoms with Crippen molar-refractivity contribution in [2.75, 3.05) is 13.2 Å². The fraction of sp³-hybridized carbons (Fsp3) is 0.615. The zero-order valence-corrected chi connectivity index (χ0v) is 22.5. The maximum atomic E-state index is 13.7. The Hall–Kier alpha value is -3.10. The molecule has 196 valence electrons. The number of nitrogens with one attached hydrogen (secondary N) is 2. The van der Waals surface area contributed by atoms with Crippen LogP contribution in [0, 0.1) is 6.92 Å². The SMILES string of the molecule is CCOC(=O)CCNC(=O)C(c1cccc(C)c1)N(C(=O)C(C)NC(=O)OC(C)(C)C)C(C)(C)C. The summed E-state index contributed by atoms with van der Waals surface area (Å²) >= 11 is 0. The van der Waals surface area contributed by atoms with Gasteiger partial charge in [0.15, 0.2) is 0 Å². The van der Waals surface area contributed by atoms with E-state index in [0.29, 0.717) is 5.56 Å². The van der Waals surface area contributed by atoms with Gasteiger partial charge in [-0.25, -0.2) is 4.79 Å². The first-order valence-corrected chi connectivity index (χ1v) is 11.9. The molecule has 2 unspecified atom stereocenters. The normalized spacial score (nSPS) is 13.3. The van der Waals surface area contributed by atoms with Crippen LogP contribution < -0.4 is 10.6 Å². The summed E-state index contributed by atoms with van der Waals surface area (Å²) in [4.78, 5) is 52.6. The number of benzene rings is 1. The van der Waals surface area contributed by atoms with E-state index in [2.05, 4.69) is 10.6 Å². The summed E-state index contributed by atoms with van der Waals surface area (Å²) in [6.45, 7) is 16.1. The molecule has 1 aromatic rings. The number of alkyl carbamates (subject to hydrolysis) is 1. The third-order valence-electron chi connectivity index (χ3n) is 4.86. The van der Waals surface area contributed by atoms with E-state index in [1.807, 2.05) is 45.9 Å². The Bertz CT molecular complexity index is 901. The first-order valence-electron chi connectivity index (χ1n) is 11.9. The predicted molar refractivity (Wildman–Crippen MR) is 134 cm³/mol. The van der Waals surface area contributed by atoms with E-state index in [-0.39, 0.29) is 19.6 Å². The lowest BCUT2D eigenvalue weighted by Gasteiger charge is -2.42. The van der Waals surface area contributed by atoms with Gasteiger partial charge in [0.1, 0.15) is 17.7 Å². The molecule has 9 heteroatoms. The van der Waals surface area contributed by atoms with E-state index in [9.17, 15) is 19.2 Å². The zero-order valence-electron chi connectivity index (χ0n) is 22.5. The Labute approximate surface area is 208 Å². The number of carbonyl (C=O) groups excluding carboxylic acids is 4. The van der Waals surface area contributed by atoms with Crippen molar-refractivity contribution in [1.29, 1.82) is 0 Å². The molecule has 0 heterocycles. The first kappa shape index (κ1) is 29.9. The summed E-state index contributed by atoms with van der Waals surface area (Å²) in [5.74, 6) is -1.30. The number of carbonyl (C=O) groups is 4. The minimum absolute atomic E-state index is 0.0141. The van der Waals surface area contributed by atoms with Crippen LogP contribution in [-0.2, 0) is 23.9 Å². The zero-order chi connectivity index (χ0) is 27.0. The van der Waals surface area contributed by atoms with Gasteiger partial charge in [-0.1, -0.05) is 29.8 Å². The molecule has 0 spiro atoms. The molecule has 2 N–H and O–H groups in total. The van der Waals surface area contributed by atoms with Crippen molar-refractivity contribution >= 4 is 23.9 Å². The Morgan fingerprint density at radius 3 is 2.20 bits per heavy atom.